The van der Waals surface area contributed by atoms with E-state index in [9.17, 15) is 4.79 Å². The monoisotopic (exact) mass is 376 g/mol. The molecule has 134 valence electrons. The summed E-state index contributed by atoms with van der Waals surface area (Å²) < 4.78 is 1.71. The molecule has 0 spiro atoms. The second-order valence-corrected chi connectivity index (χ2v) is 6.31. The summed E-state index contributed by atoms with van der Waals surface area (Å²) in [4.78, 5) is 12.2. The second-order valence-electron chi connectivity index (χ2n) is 5.95. The van der Waals surface area contributed by atoms with Crippen molar-refractivity contribution in [3.05, 3.63) is 88.2 Å². The van der Waals surface area contributed by atoms with Crippen molar-refractivity contribution < 1.29 is 4.79 Å². The molecule has 3 rings (SSSR count). The molecule has 0 aliphatic rings. The molecular weight excluding hydrogens is 360 g/mol. The van der Waals surface area contributed by atoms with E-state index in [2.05, 4.69) is 10.4 Å². The Balaban J connectivity index is 1.73. The van der Waals surface area contributed by atoms with Gasteiger partial charge in [0.05, 0.1) is 23.9 Å². The molecule has 5 nitrogen and oxygen atoms in total. The Bertz CT molecular complexity index is 1030. The Kier molecular flexibility index (Phi) is 5.70. The molecule has 0 saturated heterocycles. The van der Waals surface area contributed by atoms with Crippen LogP contribution in [0, 0.1) is 18.3 Å². The molecule has 0 atom stereocenters. The molecular formula is C21H17ClN4O. The van der Waals surface area contributed by atoms with Crippen molar-refractivity contribution in [1.82, 2.24) is 9.78 Å². The van der Waals surface area contributed by atoms with Crippen LogP contribution < -0.4 is 5.32 Å². The van der Waals surface area contributed by atoms with Gasteiger partial charge in [0.15, 0.2) is 0 Å². The minimum absolute atomic E-state index is 0.309. The average Bonchev–Trinajstić information content (AvgIpc) is 2.94. The first kappa shape index (κ1) is 18.4. The van der Waals surface area contributed by atoms with Crippen LogP contribution in [0.3, 0.4) is 0 Å². The number of nitrogens with one attached hydrogen (secondary N) is 1. The fourth-order valence-corrected chi connectivity index (χ4v) is 2.92. The maximum absolute atomic E-state index is 12.2. The number of rotatable bonds is 5. The highest BCUT2D eigenvalue weighted by atomic mass is 35.5. The number of nitrogens with zero attached hydrogens (tertiary/aromatic N) is 3. The highest BCUT2D eigenvalue weighted by Gasteiger charge is 2.12. The molecule has 27 heavy (non-hydrogen) atoms. The first-order valence-corrected chi connectivity index (χ1v) is 8.70. The molecule has 0 aliphatic carbocycles. The number of carbonyl (C=O) groups is 1. The van der Waals surface area contributed by atoms with Crippen LogP contribution in [0.15, 0.2) is 60.7 Å². The quantitative estimate of drug-likeness (QED) is 0.670. The topological polar surface area (TPSA) is 70.7 Å². The number of nitriles is 1. The number of carbonyl (C=O) groups excluding carboxylic acids is 1. The van der Waals surface area contributed by atoms with E-state index in [4.69, 9.17) is 16.9 Å². The van der Waals surface area contributed by atoms with E-state index in [1.165, 1.54) is 6.08 Å². The first-order valence-electron chi connectivity index (χ1n) is 8.33. The van der Waals surface area contributed by atoms with E-state index in [-0.39, 0.29) is 5.91 Å². The van der Waals surface area contributed by atoms with Crippen LogP contribution in [0.4, 0.5) is 5.69 Å². The van der Waals surface area contributed by atoms with E-state index in [0.717, 1.165) is 11.3 Å². The van der Waals surface area contributed by atoms with Crippen LogP contribution in [0.2, 0.25) is 5.15 Å². The summed E-state index contributed by atoms with van der Waals surface area (Å²) in [5, 5.41) is 16.6. The van der Waals surface area contributed by atoms with E-state index >= 15 is 0 Å². The molecule has 0 unspecified atom stereocenters. The largest absolute Gasteiger partial charge is 0.322 e. The van der Waals surface area contributed by atoms with Crippen LogP contribution in [0.1, 0.15) is 22.4 Å². The van der Waals surface area contributed by atoms with E-state index < -0.39 is 0 Å². The summed E-state index contributed by atoms with van der Waals surface area (Å²) in [6, 6.07) is 18.7. The smallest absolute Gasteiger partial charge is 0.248 e. The lowest BCUT2D eigenvalue weighted by molar-refractivity contribution is -0.111. The molecule has 0 radical (unpaired) electrons. The van der Waals surface area contributed by atoms with E-state index in [1.807, 2.05) is 43.3 Å². The lowest BCUT2D eigenvalue weighted by atomic mass is 10.2. The average molecular weight is 377 g/mol. The van der Waals surface area contributed by atoms with Crippen LogP contribution in [0.25, 0.3) is 6.08 Å². The van der Waals surface area contributed by atoms with E-state index in [1.54, 1.807) is 35.0 Å². The highest BCUT2D eigenvalue weighted by molar-refractivity contribution is 6.31. The molecule has 2 aromatic carbocycles. The maximum Gasteiger partial charge on any atom is 0.248 e. The van der Waals surface area contributed by atoms with Gasteiger partial charge in [0, 0.05) is 17.3 Å². The summed E-state index contributed by atoms with van der Waals surface area (Å²) in [7, 11) is 0. The van der Waals surface area contributed by atoms with Crippen molar-refractivity contribution in [1.29, 1.82) is 5.26 Å². The Hall–Kier alpha value is -3.36. The van der Waals surface area contributed by atoms with Gasteiger partial charge in [-0.15, -0.1) is 0 Å². The molecule has 6 heteroatoms. The van der Waals surface area contributed by atoms with Gasteiger partial charge in [0.2, 0.25) is 5.91 Å². The number of aromatic nitrogens is 2. The number of anilines is 1. The van der Waals surface area contributed by atoms with Crippen molar-refractivity contribution in [2.45, 2.75) is 13.5 Å². The predicted octanol–water partition coefficient (Wildman–Crippen LogP) is 4.42. The van der Waals surface area contributed by atoms with Gasteiger partial charge in [0.25, 0.3) is 0 Å². The number of hydrogen-bond acceptors (Lipinski definition) is 3. The summed E-state index contributed by atoms with van der Waals surface area (Å²) in [5.41, 5.74) is 3.58. The molecule has 0 saturated carbocycles. The third-order valence-electron chi connectivity index (χ3n) is 3.95. The minimum Gasteiger partial charge on any atom is -0.322 e. The summed E-state index contributed by atoms with van der Waals surface area (Å²) in [5.74, 6) is -0.309. The van der Waals surface area contributed by atoms with Crippen LogP contribution >= 0.6 is 11.6 Å². The first-order chi connectivity index (χ1) is 13.1. The summed E-state index contributed by atoms with van der Waals surface area (Å²) in [6.45, 7) is 2.41. The maximum atomic E-state index is 12.2. The fraction of sp³-hybridized carbons (Fsp3) is 0.0952. The van der Waals surface area contributed by atoms with Crippen LogP contribution in [0.5, 0.6) is 0 Å². The van der Waals surface area contributed by atoms with Gasteiger partial charge in [-0.2, -0.15) is 10.4 Å². The number of amides is 1. The van der Waals surface area contributed by atoms with Gasteiger partial charge in [-0.1, -0.05) is 48.0 Å². The van der Waals surface area contributed by atoms with Crippen molar-refractivity contribution in [3.8, 4) is 6.07 Å². The number of benzene rings is 2. The van der Waals surface area contributed by atoms with Crippen molar-refractivity contribution >= 4 is 29.3 Å². The minimum atomic E-state index is -0.309. The molecule has 1 heterocycles. The third-order valence-corrected chi connectivity index (χ3v) is 4.34. The Morgan fingerprint density at radius 2 is 2.04 bits per heavy atom. The highest BCUT2D eigenvalue weighted by Crippen LogP contribution is 2.22. The normalized spacial score (nSPS) is 10.7. The number of hydrogen-bond donors (Lipinski definition) is 1. The van der Waals surface area contributed by atoms with Crippen molar-refractivity contribution in [3.63, 3.8) is 0 Å². The molecule has 0 bridgehead atoms. The number of aryl methyl sites for hydroxylation is 1. The molecule has 1 N–H and O–H groups in total. The van der Waals surface area contributed by atoms with Gasteiger partial charge in [-0.3, -0.25) is 4.79 Å². The lowest BCUT2D eigenvalue weighted by Gasteiger charge is -2.03. The summed E-state index contributed by atoms with van der Waals surface area (Å²) in [6.07, 6.45) is 3.05. The Labute approximate surface area is 162 Å². The second kappa shape index (κ2) is 8.35. The zero-order valence-corrected chi connectivity index (χ0v) is 15.4. The van der Waals surface area contributed by atoms with E-state index in [0.29, 0.717) is 28.5 Å². The molecule has 3 aromatic rings. The van der Waals surface area contributed by atoms with Gasteiger partial charge < -0.3 is 5.32 Å². The Morgan fingerprint density at radius 3 is 2.78 bits per heavy atom. The molecule has 1 aromatic heterocycles. The van der Waals surface area contributed by atoms with Crippen molar-refractivity contribution in [2.24, 2.45) is 0 Å². The molecule has 1 amide bonds. The standard InChI is InChI=1S/C21H17ClN4O/c1-15-19(21(22)26(25-15)14-16-6-3-2-4-7-16)10-11-20(27)24-18-9-5-8-17(12-18)13-23/h2-12H,14H2,1H3,(H,24,27)/b11-10+. The van der Waals surface area contributed by atoms with Crippen LogP contribution in [-0.4, -0.2) is 15.7 Å². The number of halogens is 1. The van der Waals surface area contributed by atoms with Gasteiger partial charge in [-0.25, -0.2) is 4.68 Å². The zero-order chi connectivity index (χ0) is 19.2. The fourth-order valence-electron chi connectivity index (χ4n) is 2.63. The van der Waals surface area contributed by atoms with Crippen molar-refractivity contribution in [2.75, 3.05) is 5.32 Å². The predicted molar refractivity (Wildman–Crippen MR) is 106 cm³/mol. The van der Waals surface area contributed by atoms with Gasteiger partial charge in [-0.05, 0) is 36.8 Å². The molecule has 0 aliphatic heterocycles. The van der Waals surface area contributed by atoms with Gasteiger partial charge >= 0.3 is 0 Å². The van der Waals surface area contributed by atoms with Gasteiger partial charge in [0.1, 0.15) is 5.15 Å². The SMILES string of the molecule is Cc1nn(Cc2ccccc2)c(Cl)c1/C=C/C(=O)Nc1cccc(C#N)c1. The molecule has 0 fully saturated rings. The lowest BCUT2D eigenvalue weighted by Crippen LogP contribution is -2.07. The summed E-state index contributed by atoms with van der Waals surface area (Å²) >= 11 is 6.44. The zero-order valence-electron chi connectivity index (χ0n) is 14.7. The van der Waals surface area contributed by atoms with Crippen LogP contribution in [-0.2, 0) is 11.3 Å². The third kappa shape index (κ3) is 4.63. The Morgan fingerprint density at radius 1 is 1.26 bits per heavy atom.